The van der Waals surface area contributed by atoms with Gasteiger partial charge in [0.05, 0.1) is 11.6 Å². The van der Waals surface area contributed by atoms with Gasteiger partial charge in [0.2, 0.25) is 0 Å². The molecule has 2 atom stereocenters. The monoisotopic (exact) mass is 419 g/mol. The van der Waals surface area contributed by atoms with Crippen LogP contribution in [0.25, 0.3) is 0 Å². The van der Waals surface area contributed by atoms with Gasteiger partial charge in [-0.25, -0.2) is 18.0 Å². The number of likely N-dealkylation sites (tertiary alicyclic amines) is 1. The van der Waals surface area contributed by atoms with Crippen LogP contribution in [0.5, 0.6) is 0 Å². The standard InChI is InChI=1S/C23H28F3N3O/c1-23(2,17-6-10-19(25)11-7-17)27-22(30)29(14-16-4-8-18(24)9-5-16)21-12-13-28(3)15-20(21)26/h4-11,20-21H,12-15H2,1-3H3,(H,27,30)/t20-,21+/m0/s1. The number of carbonyl (C=O) groups is 1. The Morgan fingerprint density at radius 3 is 2.23 bits per heavy atom. The second kappa shape index (κ2) is 9.08. The molecular formula is C23H28F3N3O. The summed E-state index contributed by atoms with van der Waals surface area (Å²) in [5.74, 6) is -0.722. The second-order valence-electron chi connectivity index (χ2n) is 8.45. The minimum absolute atomic E-state index is 0.167. The predicted molar refractivity (Wildman–Crippen MR) is 111 cm³/mol. The van der Waals surface area contributed by atoms with Crippen molar-refractivity contribution in [2.24, 2.45) is 0 Å². The molecule has 1 aliphatic heterocycles. The van der Waals surface area contributed by atoms with Crippen LogP contribution in [-0.4, -0.2) is 48.2 Å². The fraction of sp³-hybridized carbons (Fsp3) is 0.435. The number of carbonyl (C=O) groups excluding carboxylic acids is 1. The first-order chi connectivity index (χ1) is 14.2. The topological polar surface area (TPSA) is 35.6 Å². The molecule has 2 aromatic rings. The number of piperidine rings is 1. The Kier molecular flexibility index (Phi) is 6.71. The van der Waals surface area contributed by atoms with E-state index in [0.29, 0.717) is 13.0 Å². The average Bonchev–Trinajstić information content (AvgIpc) is 2.68. The molecule has 162 valence electrons. The Bertz CT molecular complexity index is 855. The molecule has 4 nitrogen and oxygen atoms in total. The molecule has 1 N–H and O–H groups in total. The molecule has 2 aromatic carbocycles. The fourth-order valence-corrected chi connectivity index (χ4v) is 3.80. The quantitative estimate of drug-likeness (QED) is 0.777. The number of nitrogens with zero attached hydrogens (tertiary/aromatic N) is 2. The van der Waals surface area contributed by atoms with Gasteiger partial charge in [-0.3, -0.25) is 0 Å². The van der Waals surface area contributed by atoms with Gasteiger partial charge < -0.3 is 15.1 Å². The molecule has 0 unspecified atom stereocenters. The number of alkyl halides is 1. The number of hydrogen-bond acceptors (Lipinski definition) is 2. The van der Waals surface area contributed by atoms with E-state index in [9.17, 15) is 18.0 Å². The molecule has 3 rings (SSSR count). The Labute approximate surface area is 175 Å². The summed E-state index contributed by atoms with van der Waals surface area (Å²) in [4.78, 5) is 16.7. The highest BCUT2D eigenvalue weighted by Crippen LogP contribution is 2.25. The average molecular weight is 419 g/mol. The third-order valence-electron chi connectivity index (χ3n) is 5.62. The predicted octanol–water partition coefficient (Wildman–Crippen LogP) is 4.45. The van der Waals surface area contributed by atoms with Crippen LogP contribution in [0, 0.1) is 11.6 Å². The van der Waals surface area contributed by atoms with E-state index in [1.54, 1.807) is 24.3 Å². The van der Waals surface area contributed by atoms with Crippen molar-refractivity contribution in [2.45, 2.75) is 44.6 Å². The summed E-state index contributed by atoms with van der Waals surface area (Å²) in [6, 6.07) is 10.8. The minimum atomic E-state index is -1.19. The molecular weight excluding hydrogens is 391 g/mol. The van der Waals surface area contributed by atoms with Crippen LogP contribution >= 0.6 is 0 Å². The summed E-state index contributed by atoms with van der Waals surface area (Å²) < 4.78 is 41.5. The van der Waals surface area contributed by atoms with Crippen LogP contribution in [0.2, 0.25) is 0 Å². The van der Waals surface area contributed by atoms with E-state index in [-0.39, 0.29) is 24.7 Å². The van der Waals surface area contributed by atoms with E-state index in [0.717, 1.165) is 11.1 Å². The molecule has 1 fully saturated rings. The number of rotatable bonds is 5. The zero-order valence-electron chi connectivity index (χ0n) is 17.5. The van der Waals surface area contributed by atoms with Crippen molar-refractivity contribution in [2.75, 3.05) is 20.1 Å². The smallest absolute Gasteiger partial charge is 0.318 e. The fourth-order valence-electron chi connectivity index (χ4n) is 3.80. The summed E-state index contributed by atoms with van der Waals surface area (Å²) in [6.07, 6.45) is -0.688. The maximum Gasteiger partial charge on any atom is 0.318 e. The van der Waals surface area contributed by atoms with E-state index < -0.39 is 23.8 Å². The van der Waals surface area contributed by atoms with Gasteiger partial charge in [-0.2, -0.15) is 0 Å². The van der Waals surface area contributed by atoms with Gasteiger partial charge in [0.1, 0.15) is 17.8 Å². The molecule has 0 bridgehead atoms. The number of urea groups is 1. The van der Waals surface area contributed by atoms with Crippen LogP contribution < -0.4 is 5.32 Å². The van der Waals surface area contributed by atoms with Gasteiger partial charge in [-0.15, -0.1) is 0 Å². The number of nitrogens with one attached hydrogen (secondary N) is 1. The highest BCUT2D eigenvalue weighted by molar-refractivity contribution is 5.76. The molecule has 0 radical (unpaired) electrons. The van der Waals surface area contributed by atoms with Crippen LogP contribution in [-0.2, 0) is 12.1 Å². The van der Waals surface area contributed by atoms with E-state index in [1.807, 2.05) is 25.8 Å². The maximum atomic E-state index is 14.9. The summed E-state index contributed by atoms with van der Waals surface area (Å²) >= 11 is 0. The zero-order chi connectivity index (χ0) is 21.9. The molecule has 0 spiro atoms. The van der Waals surface area contributed by atoms with Crippen LogP contribution in [0.15, 0.2) is 48.5 Å². The van der Waals surface area contributed by atoms with Crippen molar-refractivity contribution >= 4 is 6.03 Å². The lowest BCUT2D eigenvalue weighted by Crippen LogP contribution is -2.57. The van der Waals surface area contributed by atoms with Crippen LogP contribution in [0.3, 0.4) is 0 Å². The maximum absolute atomic E-state index is 14.9. The van der Waals surface area contributed by atoms with Gasteiger partial charge in [0.15, 0.2) is 0 Å². The minimum Gasteiger partial charge on any atom is -0.329 e. The van der Waals surface area contributed by atoms with E-state index in [2.05, 4.69) is 5.32 Å². The van der Waals surface area contributed by atoms with E-state index in [1.165, 1.54) is 29.2 Å². The first kappa shape index (κ1) is 22.2. The zero-order valence-corrected chi connectivity index (χ0v) is 17.5. The third kappa shape index (κ3) is 5.33. The Balaban J connectivity index is 1.83. The van der Waals surface area contributed by atoms with Gasteiger partial charge in [0.25, 0.3) is 0 Å². The van der Waals surface area contributed by atoms with Gasteiger partial charge in [-0.05, 0) is 62.7 Å². The van der Waals surface area contributed by atoms with Gasteiger partial charge >= 0.3 is 6.03 Å². The van der Waals surface area contributed by atoms with Gasteiger partial charge in [0, 0.05) is 19.6 Å². The van der Waals surface area contributed by atoms with Gasteiger partial charge in [-0.1, -0.05) is 24.3 Å². The molecule has 2 amide bonds. The second-order valence-corrected chi connectivity index (χ2v) is 8.45. The number of benzene rings is 2. The van der Waals surface area contributed by atoms with Crippen molar-refractivity contribution in [3.05, 3.63) is 71.3 Å². The highest BCUT2D eigenvalue weighted by Gasteiger charge is 2.36. The summed E-state index contributed by atoms with van der Waals surface area (Å²) in [7, 11) is 1.85. The Morgan fingerprint density at radius 1 is 1.10 bits per heavy atom. The molecule has 1 saturated heterocycles. The van der Waals surface area contributed by atoms with Crippen molar-refractivity contribution < 1.29 is 18.0 Å². The third-order valence-corrected chi connectivity index (χ3v) is 5.62. The van der Waals surface area contributed by atoms with Crippen molar-refractivity contribution in [3.63, 3.8) is 0 Å². The first-order valence-corrected chi connectivity index (χ1v) is 10.1. The van der Waals surface area contributed by atoms with E-state index in [4.69, 9.17) is 0 Å². The highest BCUT2D eigenvalue weighted by atomic mass is 19.1. The lowest BCUT2D eigenvalue weighted by atomic mass is 9.94. The summed E-state index contributed by atoms with van der Waals surface area (Å²) in [5, 5.41) is 2.96. The lowest BCUT2D eigenvalue weighted by Gasteiger charge is -2.41. The molecule has 30 heavy (non-hydrogen) atoms. The molecule has 1 aliphatic rings. The number of halogens is 3. The van der Waals surface area contributed by atoms with Crippen molar-refractivity contribution in [3.8, 4) is 0 Å². The van der Waals surface area contributed by atoms with Crippen LogP contribution in [0.4, 0.5) is 18.0 Å². The Hall–Kier alpha value is -2.54. The molecule has 7 heteroatoms. The van der Waals surface area contributed by atoms with E-state index >= 15 is 0 Å². The normalized spacial score (nSPS) is 20.1. The molecule has 0 saturated carbocycles. The molecule has 1 heterocycles. The van der Waals surface area contributed by atoms with Crippen molar-refractivity contribution in [1.29, 1.82) is 0 Å². The largest absolute Gasteiger partial charge is 0.329 e. The summed E-state index contributed by atoms with van der Waals surface area (Å²) in [5.41, 5.74) is 0.666. The molecule has 0 aromatic heterocycles. The first-order valence-electron chi connectivity index (χ1n) is 10.1. The SMILES string of the molecule is CN1CC[C@@H](N(Cc2ccc(F)cc2)C(=O)NC(C)(C)c2ccc(F)cc2)[C@@H](F)C1. The summed E-state index contributed by atoms with van der Waals surface area (Å²) in [6.45, 7) is 4.73. The van der Waals surface area contributed by atoms with Crippen molar-refractivity contribution in [1.82, 2.24) is 15.1 Å². The number of hydrogen-bond donors (Lipinski definition) is 1. The number of amides is 2. The van der Waals surface area contributed by atoms with Crippen LogP contribution in [0.1, 0.15) is 31.4 Å². The Morgan fingerprint density at radius 2 is 1.67 bits per heavy atom. The lowest BCUT2D eigenvalue weighted by molar-refractivity contribution is 0.0549. The molecule has 0 aliphatic carbocycles.